The number of aliphatic hydroxyl groups excluding tert-OH is 1. The van der Waals surface area contributed by atoms with Crippen LogP contribution in [0.1, 0.15) is 19.3 Å². The van der Waals surface area contributed by atoms with Crippen molar-refractivity contribution in [3.05, 3.63) is 0 Å². The van der Waals surface area contributed by atoms with Crippen molar-refractivity contribution in [2.75, 3.05) is 19.7 Å². The molecule has 3 N–H and O–H groups in total. The number of nitrogens with two attached hydrogens (primary N) is 1. The summed E-state index contributed by atoms with van der Waals surface area (Å²) in [4.78, 5) is 2.49. The topological polar surface area (TPSA) is 49.5 Å². The SMILES string of the molecule is NC1CCN(C2CC2)CC1CO. The highest BCUT2D eigenvalue weighted by Crippen LogP contribution is 2.30. The van der Waals surface area contributed by atoms with Crippen molar-refractivity contribution in [1.82, 2.24) is 4.90 Å². The highest BCUT2D eigenvalue weighted by atomic mass is 16.3. The second-order valence-corrected chi connectivity index (χ2v) is 4.12. The van der Waals surface area contributed by atoms with Gasteiger partial charge in [-0.3, -0.25) is 4.90 Å². The molecule has 0 aromatic rings. The molecule has 0 aromatic carbocycles. The Kier molecular flexibility index (Phi) is 2.35. The van der Waals surface area contributed by atoms with E-state index in [1.54, 1.807) is 0 Å². The van der Waals surface area contributed by atoms with Crippen LogP contribution in [-0.4, -0.2) is 41.8 Å². The molecule has 2 unspecified atom stereocenters. The molecule has 1 saturated carbocycles. The molecule has 1 heterocycles. The van der Waals surface area contributed by atoms with Gasteiger partial charge < -0.3 is 10.8 Å². The van der Waals surface area contributed by atoms with E-state index in [4.69, 9.17) is 10.8 Å². The molecule has 1 saturated heterocycles. The summed E-state index contributed by atoms with van der Waals surface area (Å²) in [7, 11) is 0. The van der Waals surface area contributed by atoms with Crippen LogP contribution in [-0.2, 0) is 0 Å². The van der Waals surface area contributed by atoms with E-state index in [0.717, 1.165) is 25.6 Å². The summed E-state index contributed by atoms with van der Waals surface area (Å²) in [6.07, 6.45) is 3.77. The molecule has 2 rings (SSSR count). The first-order chi connectivity index (χ1) is 5.81. The maximum atomic E-state index is 9.07. The van der Waals surface area contributed by atoms with Crippen LogP contribution >= 0.6 is 0 Å². The van der Waals surface area contributed by atoms with Crippen LogP contribution in [0.4, 0.5) is 0 Å². The molecule has 2 aliphatic rings. The van der Waals surface area contributed by atoms with Gasteiger partial charge in [0, 0.05) is 31.2 Å². The third-order valence-electron chi connectivity index (χ3n) is 3.12. The summed E-state index contributed by atoms with van der Waals surface area (Å²) >= 11 is 0. The van der Waals surface area contributed by atoms with Crippen LogP contribution in [0, 0.1) is 5.92 Å². The Labute approximate surface area is 73.5 Å². The Morgan fingerprint density at radius 2 is 2.08 bits per heavy atom. The Bertz CT molecular complexity index is 159. The van der Waals surface area contributed by atoms with Crippen molar-refractivity contribution >= 4 is 0 Å². The van der Waals surface area contributed by atoms with Crippen molar-refractivity contribution in [2.24, 2.45) is 11.7 Å². The third-order valence-corrected chi connectivity index (χ3v) is 3.12. The van der Waals surface area contributed by atoms with Crippen molar-refractivity contribution in [1.29, 1.82) is 0 Å². The molecule has 3 nitrogen and oxygen atoms in total. The van der Waals surface area contributed by atoms with Gasteiger partial charge in [0.1, 0.15) is 0 Å². The summed E-state index contributed by atoms with van der Waals surface area (Å²) in [6, 6.07) is 1.05. The molecule has 0 bridgehead atoms. The largest absolute Gasteiger partial charge is 0.396 e. The van der Waals surface area contributed by atoms with Crippen molar-refractivity contribution in [3.8, 4) is 0 Å². The van der Waals surface area contributed by atoms with E-state index in [1.807, 2.05) is 0 Å². The van der Waals surface area contributed by atoms with Gasteiger partial charge in [-0.1, -0.05) is 0 Å². The lowest BCUT2D eigenvalue weighted by molar-refractivity contribution is 0.0989. The second-order valence-electron chi connectivity index (χ2n) is 4.12. The minimum absolute atomic E-state index is 0.227. The van der Waals surface area contributed by atoms with Gasteiger partial charge in [0.05, 0.1) is 0 Å². The van der Waals surface area contributed by atoms with Crippen molar-refractivity contribution < 1.29 is 5.11 Å². The van der Waals surface area contributed by atoms with Gasteiger partial charge in [0.15, 0.2) is 0 Å². The van der Waals surface area contributed by atoms with E-state index < -0.39 is 0 Å². The monoisotopic (exact) mass is 170 g/mol. The van der Waals surface area contributed by atoms with Crippen LogP contribution < -0.4 is 5.73 Å². The molecule has 12 heavy (non-hydrogen) atoms. The molecular weight excluding hydrogens is 152 g/mol. The standard InChI is InChI=1S/C9H18N2O/c10-9-3-4-11(8-1-2-8)5-7(9)6-12/h7-9,12H,1-6,10H2. The van der Waals surface area contributed by atoms with Crippen molar-refractivity contribution in [3.63, 3.8) is 0 Å². The number of hydrogen-bond acceptors (Lipinski definition) is 3. The van der Waals surface area contributed by atoms with Gasteiger partial charge in [-0.15, -0.1) is 0 Å². The van der Waals surface area contributed by atoms with E-state index in [1.165, 1.54) is 12.8 Å². The number of rotatable bonds is 2. The molecule has 70 valence electrons. The van der Waals surface area contributed by atoms with Crippen LogP contribution in [0.5, 0.6) is 0 Å². The maximum Gasteiger partial charge on any atom is 0.0486 e. The molecule has 2 fully saturated rings. The number of hydrogen-bond donors (Lipinski definition) is 2. The van der Waals surface area contributed by atoms with Crippen LogP contribution in [0.3, 0.4) is 0 Å². The molecule has 1 aliphatic carbocycles. The highest BCUT2D eigenvalue weighted by molar-refractivity contribution is 4.91. The molecule has 0 radical (unpaired) electrons. The third kappa shape index (κ3) is 1.63. The average molecular weight is 170 g/mol. The smallest absolute Gasteiger partial charge is 0.0486 e. The first kappa shape index (κ1) is 8.48. The summed E-state index contributed by atoms with van der Waals surface area (Å²) in [6.45, 7) is 2.41. The normalized spacial score (nSPS) is 38.5. The minimum Gasteiger partial charge on any atom is -0.396 e. The average Bonchev–Trinajstić information content (AvgIpc) is 2.88. The van der Waals surface area contributed by atoms with E-state index in [2.05, 4.69) is 4.90 Å². The molecule has 0 aromatic heterocycles. The highest BCUT2D eigenvalue weighted by Gasteiger charge is 2.34. The fourth-order valence-corrected chi connectivity index (χ4v) is 2.04. The predicted octanol–water partition coefficient (Wildman–Crippen LogP) is -0.210. The lowest BCUT2D eigenvalue weighted by atomic mass is 9.93. The number of aliphatic hydroxyl groups is 1. The molecule has 3 heteroatoms. The van der Waals surface area contributed by atoms with Crippen LogP contribution in [0.2, 0.25) is 0 Å². The number of likely N-dealkylation sites (tertiary alicyclic amines) is 1. The zero-order chi connectivity index (χ0) is 8.55. The van der Waals surface area contributed by atoms with E-state index in [0.29, 0.717) is 5.92 Å². The van der Waals surface area contributed by atoms with Gasteiger partial charge in [-0.05, 0) is 25.8 Å². The Hall–Kier alpha value is -0.120. The Morgan fingerprint density at radius 3 is 2.67 bits per heavy atom. The fourth-order valence-electron chi connectivity index (χ4n) is 2.04. The van der Waals surface area contributed by atoms with Crippen molar-refractivity contribution in [2.45, 2.75) is 31.3 Å². The van der Waals surface area contributed by atoms with Crippen LogP contribution in [0.25, 0.3) is 0 Å². The van der Waals surface area contributed by atoms with E-state index >= 15 is 0 Å². The quantitative estimate of drug-likeness (QED) is 0.603. The first-order valence-corrected chi connectivity index (χ1v) is 4.91. The molecule has 0 spiro atoms. The summed E-state index contributed by atoms with van der Waals surface area (Å²) in [5, 5.41) is 9.07. The van der Waals surface area contributed by atoms with Gasteiger partial charge in [0.25, 0.3) is 0 Å². The molecule has 1 aliphatic heterocycles. The van der Waals surface area contributed by atoms with Gasteiger partial charge in [-0.2, -0.15) is 0 Å². The summed E-state index contributed by atoms with van der Waals surface area (Å²) in [5.74, 6) is 0.319. The molecule has 2 atom stereocenters. The minimum atomic E-state index is 0.227. The predicted molar refractivity (Wildman–Crippen MR) is 47.8 cm³/mol. The van der Waals surface area contributed by atoms with E-state index in [-0.39, 0.29) is 12.6 Å². The van der Waals surface area contributed by atoms with E-state index in [9.17, 15) is 0 Å². The molecule has 0 amide bonds. The Morgan fingerprint density at radius 1 is 1.33 bits per heavy atom. The van der Waals surface area contributed by atoms with Gasteiger partial charge in [-0.25, -0.2) is 0 Å². The Balaban J connectivity index is 1.87. The summed E-state index contributed by atoms with van der Waals surface area (Å²) < 4.78 is 0. The van der Waals surface area contributed by atoms with Gasteiger partial charge >= 0.3 is 0 Å². The zero-order valence-electron chi connectivity index (χ0n) is 7.45. The van der Waals surface area contributed by atoms with Gasteiger partial charge in [0.2, 0.25) is 0 Å². The first-order valence-electron chi connectivity index (χ1n) is 4.91. The fraction of sp³-hybridized carbons (Fsp3) is 1.00. The number of nitrogens with zero attached hydrogens (tertiary/aromatic N) is 1. The number of piperidine rings is 1. The lowest BCUT2D eigenvalue weighted by Crippen LogP contribution is -2.49. The zero-order valence-corrected chi connectivity index (χ0v) is 7.45. The second kappa shape index (κ2) is 3.32. The lowest BCUT2D eigenvalue weighted by Gasteiger charge is -2.36. The molecular formula is C9H18N2O. The van der Waals surface area contributed by atoms with Crippen LogP contribution in [0.15, 0.2) is 0 Å². The summed E-state index contributed by atoms with van der Waals surface area (Å²) in [5.41, 5.74) is 5.89. The maximum absolute atomic E-state index is 9.07.